The SMILES string of the molecule is CCN(C)C1CCN(C(=O)C(C)C)CC1. The quantitative estimate of drug-likeness (QED) is 0.709. The first kappa shape index (κ1) is 12.5. The summed E-state index contributed by atoms with van der Waals surface area (Å²) in [7, 11) is 2.17. The van der Waals surface area contributed by atoms with Crippen LogP contribution in [0.2, 0.25) is 0 Å². The Bertz CT molecular complexity index is 208. The number of likely N-dealkylation sites (tertiary alicyclic amines) is 1. The van der Waals surface area contributed by atoms with Gasteiger partial charge in [0.25, 0.3) is 0 Å². The number of hydrogen-bond acceptors (Lipinski definition) is 2. The van der Waals surface area contributed by atoms with E-state index in [0.29, 0.717) is 11.9 Å². The molecule has 0 unspecified atom stereocenters. The second-order valence-electron chi connectivity index (χ2n) is 4.78. The second-order valence-corrected chi connectivity index (χ2v) is 4.78. The molecule has 0 aromatic carbocycles. The molecule has 0 spiro atoms. The van der Waals surface area contributed by atoms with Gasteiger partial charge in [-0.25, -0.2) is 0 Å². The zero-order valence-electron chi connectivity index (χ0n) is 10.5. The number of amides is 1. The molecule has 1 aliphatic rings. The van der Waals surface area contributed by atoms with E-state index in [2.05, 4.69) is 18.9 Å². The van der Waals surface area contributed by atoms with E-state index < -0.39 is 0 Å². The van der Waals surface area contributed by atoms with E-state index in [1.165, 1.54) is 0 Å². The van der Waals surface area contributed by atoms with E-state index in [0.717, 1.165) is 32.5 Å². The Morgan fingerprint density at radius 2 is 1.93 bits per heavy atom. The lowest BCUT2D eigenvalue weighted by Gasteiger charge is -2.37. The predicted molar refractivity (Wildman–Crippen MR) is 62.7 cm³/mol. The molecular weight excluding hydrogens is 188 g/mol. The van der Waals surface area contributed by atoms with Gasteiger partial charge in [0.15, 0.2) is 0 Å². The summed E-state index contributed by atoms with van der Waals surface area (Å²) in [5.74, 6) is 0.457. The average Bonchev–Trinajstić information content (AvgIpc) is 2.27. The molecule has 0 saturated carbocycles. The molecule has 0 N–H and O–H groups in total. The zero-order valence-corrected chi connectivity index (χ0v) is 10.5. The Morgan fingerprint density at radius 1 is 1.40 bits per heavy atom. The third kappa shape index (κ3) is 3.20. The highest BCUT2D eigenvalue weighted by molar-refractivity contribution is 5.78. The molecule has 3 heteroatoms. The molecule has 0 bridgehead atoms. The molecule has 1 rings (SSSR count). The fraction of sp³-hybridized carbons (Fsp3) is 0.917. The molecule has 0 aromatic rings. The molecule has 0 radical (unpaired) electrons. The molecule has 15 heavy (non-hydrogen) atoms. The van der Waals surface area contributed by atoms with Crippen LogP contribution in [-0.4, -0.2) is 48.4 Å². The summed E-state index contributed by atoms with van der Waals surface area (Å²) >= 11 is 0. The Balaban J connectivity index is 2.39. The molecule has 0 aromatic heterocycles. The number of piperidine rings is 1. The maximum absolute atomic E-state index is 11.8. The van der Waals surface area contributed by atoms with Crippen molar-refractivity contribution >= 4 is 5.91 Å². The van der Waals surface area contributed by atoms with Crippen LogP contribution < -0.4 is 0 Å². The summed E-state index contributed by atoms with van der Waals surface area (Å²) in [6.45, 7) is 9.12. The van der Waals surface area contributed by atoms with Crippen LogP contribution >= 0.6 is 0 Å². The van der Waals surface area contributed by atoms with E-state index in [1.807, 2.05) is 18.7 Å². The highest BCUT2D eigenvalue weighted by Gasteiger charge is 2.25. The van der Waals surface area contributed by atoms with Crippen LogP contribution in [0.5, 0.6) is 0 Å². The van der Waals surface area contributed by atoms with Crippen LogP contribution in [0.1, 0.15) is 33.6 Å². The molecule has 1 heterocycles. The van der Waals surface area contributed by atoms with Crippen molar-refractivity contribution in [1.82, 2.24) is 9.80 Å². The third-order valence-corrected chi connectivity index (χ3v) is 3.39. The molecule has 88 valence electrons. The van der Waals surface area contributed by atoms with Gasteiger partial charge in [-0.3, -0.25) is 4.79 Å². The minimum Gasteiger partial charge on any atom is -0.342 e. The smallest absolute Gasteiger partial charge is 0.225 e. The summed E-state index contributed by atoms with van der Waals surface area (Å²) in [6.07, 6.45) is 2.26. The minimum absolute atomic E-state index is 0.144. The van der Waals surface area contributed by atoms with Crippen LogP contribution in [0.4, 0.5) is 0 Å². The maximum Gasteiger partial charge on any atom is 0.225 e. The van der Waals surface area contributed by atoms with Gasteiger partial charge in [0.05, 0.1) is 0 Å². The first-order valence-corrected chi connectivity index (χ1v) is 6.05. The van der Waals surface area contributed by atoms with E-state index in [1.54, 1.807) is 0 Å². The molecular formula is C12H24N2O. The van der Waals surface area contributed by atoms with Gasteiger partial charge in [0, 0.05) is 25.0 Å². The Labute approximate surface area is 93.4 Å². The van der Waals surface area contributed by atoms with Gasteiger partial charge in [-0.1, -0.05) is 20.8 Å². The van der Waals surface area contributed by atoms with E-state index >= 15 is 0 Å². The highest BCUT2D eigenvalue weighted by atomic mass is 16.2. The lowest BCUT2D eigenvalue weighted by molar-refractivity contribution is -0.135. The average molecular weight is 212 g/mol. The standard InChI is InChI=1S/C12H24N2O/c1-5-13(4)11-6-8-14(9-7-11)12(15)10(2)3/h10-11H,5-9H2,1-4H3. The second kappa shape index (κ2) is 5.50. The van der Waals surface area contributed by atoms with Crippen LogP contribution in [0.15, 0.2) is 0 Å². The van der Waals surface area contributed by atoms with Crippen molar-refractivity contribution in [3.63, 3.8) is 0 Å². The molecule has 1 saturated heterocycles. The lowest BCUT2D eigenvalue weighted by Crippen LogP contribution is -2.46. The van der Waals surface area contributed by atoms with Crippen molar-refractivity contribution < 1.29 is 4.79 Å². The van der Waals surface area contributed by atoms with Crippen molar-refractivity contribution in [3.05, 3.63) is 0 Å². The van der Waals surface area contributed by atoms with E-state index in [-0.39, 0.29) is 5.92 Å². The van der Waals surface area contributed by atoms with Crippen molar-refractivity contribution in [2.75, 3.05) is 26.7 Å². The summed E-state index contributed by atoms with van der Waals surface area (Å²) < 4.78 is 0. The highest BCUT2D eigenvalue weighted by Crippen LogP contribution is 2.16. The normalized spacial score (nSPS) is 18.9. The first-order valence-electron chi connectivity index (χ1n) is 6.05. The van der Waals surface area contributed by atoms with E-state index in [9.17, 15) is 4.79 Å². The minimum atomic E-state index is 0.144. The third-order valence-electron chi connectivity index (χ3n) is 3.39. The van der Waals surface area contributed by atoms with Crippen molar-refractivity contribution in [2.24, 2.45) is 5.92 Å². The van der Waals surface area contributed by atoms with Gasteiger partial charge in [-0.2, -0.15) is 0 Å². The van der Waals surface area contributed by atoms with Crippen molar-refractivity contribution in [2.45, 2.75) is 39.7 Å². The Kier molecular flexibility index (Phi) is 4.58. The molecule has 0 aliphatic carbocycles. The first-order chi connectivity index (χ1) is 7.06. The Hall–Kier alpha value is -0.570. The van der Waals surface area contributed by atoms with Crippen LogP contribution in [-0.2, 0) is 4.79 Å². The zero-order chi connectivity index (χ0) is 11.4. The molecule has 0 atom stereocenters. The Morgan fingerprint density at radius 3 is 2.33 bits per heavy atom. The molecule has 1 amide bonds. The lowest BCUT2D eigenvalue weighted by atomic mass is 10.0. The number of carbonyl (C=O) groups is 1. The van der Waals surface area contributed by atoms with Crippen LogP contribution in [0, 0.1) is 5.92 Å². The van der Waals surface area contributed by atoms with Crippen LogP contribution in [0.25, 0.3) is 0 Å². The van der Waals surface area contributed by atoms with Crippen molar-refractivity contribution in [3.8, 4) is 0 Å². The fourth-order valence-corrected chi connectivity index (χ4v) is 2.15. The number of rotatable bonds is 3. The topological polar surface area (TPSA) is 23.6 Å². The summed E-state index contributed by atoms with van der Waals surface area (Å²) in [5, 5.41) is 0. The number of carbonyl (C=O) groups excluding carboxylic acids is 1. The largest absolute Gasteiger partial charge is 0.342 e. The van der Waals surface area contributed by atoms with Gasteiger partial charge in [0.1, 0.15) is 0 Å². The number of hydrogen-bond donors (Lipinski definition) is 0. The monoisotopic (exact) mass is 212 g/mol. The van der Waals surface area contributed by atoms with Gasteiger partial charge in [-0.15, -0.1) is 0 Å². The fourth-order valence-electron chi connectivity index (χ4n) is 2.15. The van der Waals surface area contributed by atoms with Crippen LogP contribution in [0.3, 0.4) is 0 Å². The van der Waals surface area contributed by atoms with Crippen molar-refractivity contribution in [1.29, 1.82) is 0 Å². The molecule has 1 fully saturated rings. The summed E-state index contributed by atoms with van der Waals surface area (Å²) in [6, 6.07) is 0.672. The molecule has 3 nitrogen and oxygen atoms in total. The maximum atomic E-state index is 11.8. The predicted octanol–water partition coefficient (Wildman–Crippen LogP) is 1.59. The number of nitrogens with zero attached hydrogens (tertiary/aromatic N) is 2. The van der Waals surface area contributed by atoms with Gasteiger partial charge in [-0.05, 0) is 26.4 Å². The van der Waals surface area contributed by atoms with Gasteiger partial charge >= 0.3 is 0 Å². The van der Waals surface area contributed by atoms with E-state index in [4.69, 9.17) is 0 Å². The van der Waals surface area contributed by atoms with Gasteiger partial charge in [0.2, 0.25) is 5.91 Å². The van der Waals surface area contributed by atoms with Gasteiger partial charge < -0.3 is 9.80 Å². The molecule has 1 aliphatic heterocycles. The summed E-state index contributed by atoms with van der Waals surface area (Å²) in [5.41, 5.74) is 0. The summed E-state index contributed by atoms with van der Waals surface area (Å²) in [4.78, 5) is 16.2.